The van der Waals surface area contributed by atoms with E-state index in [-0.39, 0.29) is 29.6 Å². The standard InChI is InChI=1S/C6H7O5.Na/c7-2-4(9)5-1-3(8)6(10)11-5;/h4-5,7-9H,2H2;/q-1;+1/t4-,5?;/m0./s1. The molecule has 1 rings (SSSR count). The van der Waals surface area contributed by atoms with Crippen molar-refractivity contribution in [3.8, 4) is 0 Å². The molecule has 5 nitrogen and oxygen atoms in total. The number of hydrogen-bond donors (Lipinski definition) is 3. The fraction of sp³-hybridized carbons (Fsp3) is 0.500. The van der Waals surface area contributed by atoms with Crippen molar-refractivity contribution in [1.82, 2.24) is 0 Å². The largest absolute Gasteiger partial charge is 1.00 e. The van der Waals surface area contributed by atoms with Crippen LogP contribution in [-0.4, -0.2) is 40.1 Å². The number of carbonyl (C=O) groups excluding carboxylic acids is 1. The molecule has 3 N–H and O–H groups in total. The third-order valence-electron chi connectivity index (χ3n) is 1.24. The molecule has 1 aliphatic heterocycles. The maximum atomic E-state index is 10.4. The fourth-order valence-corrected chi connectivity index (χ4v) is 0.665. The van der Waals surface area contributed by atoms with Crippen LogP contribution in [0.3, 0.4) is 0 Å². The van der Waals surface area contributed by atoms with Gasteiger partial charge in [-0.3, -0.25) is 0 Å². The minimum atomic E-state index is -1.22. The molecule has 12 heavy (non-hydrogen) atoms. The second kappa shape index (κ2) is 4.84. The van der Waals surface area contributed by atoms with Crippen LogP contribution >= 0.6 is 0 Å². The van der Waals surface area contributed by atoms with Gasteiger partial charge < -0.3 is 24.9 Å². The molecule has 1 heterocycles. The smallest absolute Gasteiger partial charge is 0.553 e. The summed E-state index contributed by atoms with van der Waals surface area (Å²) in [7, 11) is 0. The topological polar surface area (TPSA) is 87.0 Å². The van der Waals surface area contributed by atoms with E-state index in [1.807, 2.05) is 0 Å². The van der Waals surface area contributed by atoms with Gasteiger partial charge in [-0.05, 0) is 0 Å². The van der Waals surface area contributed by atoms with E-state index in [0.29, 0.717) is 0 Å². The van der Waals surface area contributed by atoms with E-state index in [0.717, 1.165) is 0 Å². The molecule has 0 amide bonds. The average molecular weight is 182 g/mol. The van der Waals surface area contributed by atoms with E-state index in [2.05, 4.69) is 10.8 Å². The number of hydrogen-bond acceptors (Lipinski definition) is 5. The maximum absolute atomic E-state index is 10.4. The van der Waals surface area contributed by atoms with Gasteiger partial charge in [0.15, 0.2) is 0 Å². The molecule has 0 aromatic rings. The second-order valence-corrected chi connectivity index (χ2v) is 2.07. The molecule has 0 spiro atoms. The van der Waals surface area contributed by atoms with Gasteiger partial charge in [0.1, 0.15) is 0 Å². The normalized spacial score (nSPS) is 24.0. The minimum absolute atomic E-state index is 0. The van der Waals surface area contributed by atoms with Gasteiger partial charge in [-0.2, -0.15) is 6.08 Å². The molecule has 0 bridgehead atoms. The molecule has 6 heteroatoms. The number of aliphatic hydroxyl groups excluding tert-OH is 3. The Kier molecular flexibility index (Phi) is 4.81. The van der Waals surface area contributed by atoms with Gasteiger partial charge in [0.25, 0.3) is 0 Å². The molecule has 0 fully saturated rings. The molecule has 62 valence electrons. The number of rotatable bonds is 2. The van der Waals surface area contributed by atoms with Crippen LogP contribution in [0.5, 0.6) is 0 Å². The summed E-state index contributed by atoms with van der Waals surface area (Å²) in [6, 6.07) is 0. The molecule has 0 radical (unpaired) electrons. The summed E-state index contributed by atoms with van der Waals surface area (Å²) in [5, 5.41) is 25.9. The number of esters is 1. The van der Waals surface area contributed by atoms with Crippen molar-refractivity contribution in [2.24, 2.45) is 0 Å². The Morgan fingerprint density at radius 3 is 2.58 bits per heavy atom. The quantitative estimate of drug-likeness (QED) is 0.228. The number of ether oxygens (including phenoxy) is 1. The third kappa shape index (κ3) is 2.46. The average Bonchev–Trinajstić information content (AvgIpc) is 2.31. The van der Waals surface area contributed by atoms with Crippen molar-refractivity contribution >= 4 is 5.97 Å². The van der Waals surface area contributed by atoms with Crippen molar-refractivity contribution < 1.29 is 54.4 Å². The van der Waals surface area contributed by atoms with Crippen LogP contribution in [0.1, 0.15) is 0 Å². The van der Waals surface area contributed by atoms with Crippen molar-refractivity contribution in [1.29, 1.82) is 0 Å². The first-order valence-electron chi connectivity index (χ1n) is 2.97. The van der Waals surface area contributed by atoms with E-state index >= 15 is 0 Å². The summed E-state index contributed by atoms with van der Waals surface area (Å²) in [6.45, 7) is -0.543. The van der Waals surface area contributed by atoms with E-state index in [1.54, 1.807) is 0 Å². The van der Waals surface area contributed by atoms with E-state index in [1.165, 1.54) is 0 Å². The Balaban J connectivity index is 0.00000121. The molecule has 1 aliphatic rings. The van der Waals surface area contributed by atoms with Crippen molar-refractivity contribution in [3.05, 3.63) is 11.8 Å². The Hall–Kier alpha value is -0.0700. The van der Waals surface area contributed by atoms with Crippen LogP contribution in [0, 0.1) is 6.08 Å². The first kappa shape index (κ1) is 11.9. The van der Waals surface area contributed by atoms with Crippen molar-refractivity contribution in [3.63, 3.8) is 0 Å². The predicted octanol–water partition coefficient (Wildman–Crippen LogP) is -4.49. The zero-order valence-corrected chi connectivity index (χ0v) is 8.52. The van der Waals surface area contributed by atoms with Crippen LogP contribution in [0.2, 0.25) is 0 Å². The maximum Gasteiger partial charge on any atom is 1.00 e. The van der Waals surface area contributed by atoms with Gasteiger partial charge in [0.2, 0.25) is 5.97 Å². The summed E-state index contributed by atoms with van der Waals surface area (Å²) in [6.07, 6.45) is -0.123. The predicted molar refractivity (Wildman–Crippen MR) is 32.4 cm³/mol. The van der Waals surface area contributed by atoms with Gasteiger partial charge in [0, 0.05) is 5.76 Å². The van der Waals surface area contributed by atoms with Crippen molar-refractivity contribution in [2.75, 3.05) is 6.61 Å². The summed E-state index contributed by atoms with van der Waals surface area (Å²) < 4.78 is 4.38. The summed E-state index contributed by atoms with van der Waals surface area (Å²) >= 11 is 0. The zero-order valence-electron chi connectivity index (χ0n) is 6.52. The Bertz CT molecular complexity index is 202. The van der Waals surface area contributed by atoms with Crippen LogP contribution in [0.4, 0.5) is 0 Å². The van der Waals surface area contributed by atoms with Crippen molar-refractivity contribution in [2.45, 2.75) is 12.2 Å². The molecule has 1 unspecified atom stereocenters. The van der Waals surface area contributed by atoms with Crippen LogP contribution in [-0.2, 0) is 9.53 Å². The molecule has 0 aromatic carbocycles. The summed E-state index contributed by atoms with van der Waals surface area (Å²) in [5.41, 5.74) is 0. The Morgan fingerprint density at radius 2 is 2.25 bits per heavy atom. The SMILES string of the molecule is O=C1OC([C@@H](O)CO)[C-]=C1O.[Na+]. The third-order valence-corrected chi connectivity index (χ3v) is 1.24. The Morgan fingerprint density at radius 1 is 1.67 bits per heavy atom. The van der Waals surface area contributed by atoms with Crippen LogP contribution in [0.15, 0.2) is 5.76 Å². The first-order valence-corrected chi connectivity index (χ1v) is 2.97. The van der Waals surface area contributed by atoms with Crippen LogP contribution in [0.25, 0.3) is 0 Å². The van der Waals surface area contributed by atoms with E-state index in [9.17, 15) is 4.79 Å². The monoisotopic (exact) mass is 182 g/mol. The van der Waals surface area contributed by atoms with Gasteiger partial charge in [-0.25, -0.2) is 0 Å². The van der Waals surface area contributed by atoms with Crippen LogP contribution < -0.4 is 29.6 Å². The number of cyclic esters (lactones) is 1. The molecule has 0 saturated heterocycles. The molecular formula is C6H7NaO5. The van der Waals surface area contributed by atoms with Gasteiger partial charge in [-0.15, -0.1) is 0 Å². The number of aliphatic hydroxyl groups is 3. The molecule has 0 aromatic heterocycles. The molecule has 2 atom stereocenters. The van der Waals surface area contributed by atoms with E-state index in [4.69, 9.17) is 15.3 Å². The fourth-order valence-electron chi connectivity index (χ4n) is 0.665. The number of carbonyl (C=O) groups is 1. The minimum Gasteiger partial charge on any atom is -0.553 e. The Labute approximate surface area is 90.9 Å². The summed E-state index contributed by atoms with van der Waals surface area (Å²) in [4.78, 5) is 10.4. The van der Waals surface area contributed by atoms with Gasteiger partial charge in [-0.1, -0.05) is 0 Å². The zero-order chi connectivity index (χ0) is 8.43. The van der Waals surface area contributed by atoms with Gasteiger partial charge >= 0.3 is 29.6 Å². The van der Waals surface area contributed by atoms with E-state index < -0.39 is 30.5 Å². The second-order valence-electron chi connectivity index (χ2n) is 2.07. The molecule has 0 aliphatic carbocycles. The molecule has 0 saturated carbocycles. The summed E-state index contributed by atoms with van der Waals surface area (Å²) in [5.74, 6) is -1.58. The first-order chi connectivity index (χ1) is 5.15. The van der Waals surface area contributed by atoms with Gasteiger partial charge in [0.05, 0.1) is 18.8 Å². The molecular weight excluding hydrogens is 175 g/mol.